The molecule has 0 aliphatic carbocycles. The zero-order valence-electron chi connectivity index (χ0n) is 22.7. The van der Waals surface area contributed by atoms with Crippen LogP contribution < -0.4 is 11.3 Å². The lowest BCUT2D eigenvalue weighted by molar-refractivity contribution is -0.0955. The number of hydrogen-bond donors (Lipinski definition) is 4. The molecule has 1 aliphatic heterocycles. The molecule has 2 aromatic heterocycles. The van der Waals surface area contributed by atoms with Crippen LogP contribution in [0, 0.1) is 0 Å². The Balaban J connectivity index is 1.72. The van der Waals surface area contributed by atoms with Crippen molar-refractivity contribution in [1.82, 2.24) is 19.5 Å². The van der Waals surface area contributed by atoms with Crippen molar-refractivity contribution in [3.8, 4) is 0 Å². The number of fused-ring (bicyclic) bond motifs is 1. The van der Waals surface area contributed by atoms with E-state index in [0.717, 1.165) is 6.33 Å². The highest BCUT2D eigenvalue weighted by Gasteiger charge is 2.54. The minimum atomic E-state index is -4.68. The Hall–Kier alpha value is -3.32. The largest absolute Gasteiger partial charge is 0.510 e. The zero-order chi connectivity index (χ0) is 30.5. The average molecular weight is 609 g/mol. The lowest BCUT2D eigenvalue weighted by Crippen LogP contribution is -2.44. The molecule has 19 nitrogen and oxygen atoms in total. The van der Waals surface area contributed by atoms with Crippen molar-refractivity contribution in [2.75, 3.05) is 25.9 Å². The van der Waals surface area contributed by atoms with E-state index >= 15 is 0 Å². The van der Waals surface area contributed by atoms with Crippen molar-refractivity contribution in [3.05, 3.63) is 16.7 Å². The molecule has 1 saturated heterocycles. The highest BCUT2D eigenvalue weighted by atomic mass is 31.2. The number of carbonyl (C=O) groups excluding carboxylic acids is 2. The first-order chi connectivity index (χ1) is 19.1. The lowest BCUT2D eigenvalue weighted by atomic mass is 9.96. The molecule has 3 rings (SSSR count). The Labute approximate surface area is 232 Å². The minimum absolute atomic E-state index is 0.0431. The van der Waals surface area contributed by atoms with Gasteiger partial charge in [-0.15, -0.1) is 0 Å². The van der Waals surface area contributed by atoms with E-state index in [1.54, 1.807) is 27.7 Å². The molecule has 0 bridgehead atoms. The van der Waals surface area contributed by atoms with Crippen LogP contribution in [0.4, 0.5) is 15.5 Å². The Bertz CT molecular complexity index is 1300. The van der Waals surface area contributed by atoms with Crippen LogP contribution in [0.1, 0.15) is 40.8 Å². The molecule has 1 fully saturated rings. The highest BCUT2D eigenvalue weighted by Crippen LogP contribution is 2.50. The number of imidazole rings is 1. The molecule has 230 valence electrons. The summed E-state index contributed by atoms with van der Waals surface area (Å²) < 4.78 is 54.1. The number of aliphatic hydroxyl groups excluding tert-OH is 1. The van der Waals surface area contributed by atoms with Gasteiger partial charge in [0.1, 0.15) is 17.8 Å². The fourth-order valence-corrected chi connectivity index (χ4v) is 4.42. The summed E-state index contributed by atoms with van der Waals surface area (Å²) in [5.74, 6) is -0.225. The predicted octanol–water partition coefficient (Wildman–Crippen LogP) is 0.907. The first-order valence-corrected chi connectivity index (χ1v) is 13.6. The second kappa shape index (κ2) is 13.1. The monoisotopic (exact) mass is 609 g/mol. The van der Waals surface area contributed by atoms with Gasteiger partial charge in [-0.3, -0.25) is 18.9 Å². The molecule has 0 radical (unpaired) electrons. The van der Waals surface area contributed by atoms with Gasteiger partial charge in [-0.25, -0.2) is 28.2 Å². The number of anilines is 1. The molecule has 1 aliphatic rings. The number of aliphatic hydroxyl groups is 2. The van der Waals surface area contributed by atoms with Crippen LogP contribution in [0.15, 0.2) is 11.1 Å². The molecular weight excluding hydrogens is 577 g/mol. The normalized spacial score (nSPS) is 22.8. The lowest BCUT2D eigenvalue weighted by Gasteiger charge is -2.27. The molecule has 4 atom stereocenters. The van der Waals surface area contributed by atoms with E-state index < -0.39 is 82.1 Å². The molecule has 2 aromatic rings. The van der Waals surface area contributed by atoms with Gasteiger partial charge in [0.05, 0.1) is 25.1 Å². The van der Waals surface area contributed by atoms with E-state index in [1.807, 2.05) is 0 Å². The summed E-state index contributed by atoms with van der Waals surface area (Å²) in [6, 6.07) is 0. The number of aromatic amines is 1. The molecule has 0 aromatic carbocycles. The van der Waals surface area contributed by atoms with Crippen molar-refractivity contribution < 1.29 is 61.6 Å². The third-order valence-electron chi connectivity index (χ3n) is 5.29. The molecule has 0 saturated carbocycles. The molecule has 5 N–H and O–H groups in total. The number of aromatic nitrogens is 4. The maximum atomic E-state index is 13.2. The van der Waals surface area contributed by atoms with Gasteiger partial charge >= 0.3 is 20.1 Å². The Morgan fingerprint density at radius 3 is 2.24 bits per heavy atom. The number of carbonyl (C=O) groups is 2. The van der Waals surface area contributed by atoms with Gasteiger partial charge in [0.25, 0.3) is 5.56 Å². The number of phosphoric acid groups is 1. The second-order valence-corrected chi connectivity index (χ2v) is 11.0. The van der Waals surface area contributed by atoms with E-state index in [4.69, 9.17) is 33.5 Å². The molecule has 20 heteroatoms. The Morgan fingerprint density at radius 1 is 1.15 bits per heavy atom. The summed E-state index contributed by atoms with van der Waals surface area (Å²) in [4.78, 5) is 45.6. The fourth-order valence-electron chi connectivity index (χ4n) is 3.50. The summed E-state index contributed by atoms with van der Waals surface area (Å²) >= 11 is 0. The highest BCUT2D eigenvalue weighted by molar-refractivity contribution is 7.48. The second-order valence-electron chi connectivity index (χ2n) is 9.33. The summed E-state index contributed by atoms with van der Waals surface area (Å²) in [6.45, 7) is 4.86. The van der Waals surface area contributed by atoms with Crippen molar-refractivity contribution in [2.45, 2.75) is 70.9 Å². The van der Waals surface area contributed by atoms with Crippen LogP contribution in [0.3, 0.4) is 0 Å². The smallest absolute Gasteiger partial charge is 0.432 e. The first kappa shape index (κ1) is 32.2. The summed E-state index contributed by atoms with van der Waals surface area (Å²) in [5.41, 5.74) is 2.81. The van der Waals surface area contributed by atoms with E-state index in [2.05, 4.69) is 24.4 Å². The molecule has 41 heavy (non-hydrogen) atoms. The third kappa shape index (κ3) is 8.13. The van der Waals surface area contributed by atoms with E-state index in [1.165, 1.54) is 11.5 Å². The van der Waals surface area contributed by atoms with Crippen LogP contribution in [-0.4, -0.2) is 92.3 Å². The van der Waals surface area contributed by atoms with Crippen LogP contribution >= 0.6 is 7.82 Å². The molecule has 0 unspecified atom stereocenters. The van der Waals surface area contributed by atoms with Gasteiger partial charge < -0.3 is 39.6 Å². The number of H-pyrrole nitrogens is 1. The van der Waals surface area contributed by atoms with Gasteiger partial charge in [-0.2, -0.15) is 4.98 Å². The first-order valence-electron chi connectivity index (χ1n) is 12.1. The number of nitrogens with one attached hydrogen (secondary N) is 1. The maximum Gasteiger partial charge on any atom is 0.510 e. The van der Waals surface area contributed by atoms with Gasteiger partial charge in [-0.05, 0) is 34.6 Å². The SMILES string of the molecule is CC(C)OC(=O)OCOP(=O)(OCOC(=O)OC(C)C)OC[C@H]1O[C@@H](n2cnc3c(=O)[nH]c(N)nc32)[C@](C)(O)[C@@H]1O. The number of ether oxygens (including phenoxy) is 5. The summed E-state index contributed by atoms with van der Waals surface area (Å²) in [6.07, 6.45) is -6.55. The van der Waals surface area contributed by atoms with Gasteiger partial charge in [0.2, 0.25) is 19.5 Å². The number of nitrogens with zero attached hydrogens (tertiary/aromatic N) is 3. The molecule has 0 amide bonds. The van der Waals surface area contributed by atoms with Gasteiger partial charge in [0, 0.05) is 0 Å². The zero-order valence-corrected chi connectivity index (χ0v) is 23.6. The Kier molecular flexibility index (Phi) is 10.3. The number of nitrogen functional groups attached to an aromatic ring is 1. The molecule has 3 heterocycles. The van der Waals surface area contributed by atoms with E-state index in [-0.39, 0.29) is 17.1 Å². The topological polar surface area (TPSA) is 255 Å². The van der Waals surface area contributed by atoms with Gasteiger partial charge in [0.15, 0.2) is 17.4 Å². The van der Waals surface area contributed by atoms with Crippen LogP contribution in [0.5, 0.6) is 0 Å². The minimum Gasteiger partial charge on any atom is -0.432 e. The summed E-state index contributed by atoms with van der Waals surface area (Å²) in [5, 5.41) is 21.8. The van der Waals surface area contributed by atoms with Gasteiger partial charge in [-0.1, -0.05) is 0 Å². The average Bonchev–Trinajstić information content (AvgIpc) is 3.35. The standard InChI is InChI=1S/C21H32N5O14P/c1-10(2)38-19(29)33-8-36-41(32,37-9-34-20(30)39-11(3)4)35-6-12-14(27)21(5,31)17(40-12)26-7-23-13-15(26)24-18(22)25-16(13)28/h7,10-12,14,17,27,31H,6,8-9H2,1-5H3,(H3,22,24,25,28)/t12-,14-,17-,21-/m1/s1. The van der Waals surface area contributed by atoms with Crippen LogP contribution in [-0.2, 0) is 41.8 Å². The number of nitrogens with two attached hydrogens (primary N) is 1. The quantitative estimate of drug-likeness (QED) is 0.148. The maximum absolute atomic E-state index is 13.2. The van der Waals surface area contributed by atoms with E-state index in [9.17, 15) is 29.2 Å². The van der Waals surface area contributed by atoms with Crippen molar-refractivity contribution in [3.63, 3.8) is 0 Å². The van der Waals surface area contributed by atoms with Crippen LogP contribution in [0.2, 0.25) is 0 Å². The van der Waals surface area contributed by atoms with Crippen molar-refractivity contribution >= 4 is 37.2 Å². The van der Waals surface area contributed by atoms with Crippen LogP contribution in [0.25, 0.3) is 11.2 Å². The fraction of sp³-hybridized carbons (Fsp3) is 0.667. The third-order valence-corrected chi connectivity index (χ3v) is 6.60. The molecular formula is C21H32N5O14P. The van der Waals surface area contributed by atoms with Crippen molar-refractivity contribution in [1.29, 1.82) is 0 Å². The number of rotatable bonds is 12. The van der Waals surface area contributed by atoms with E-state index in [0.29, 0.717) is 0 Å². The van der Waals surface area contributed by atoms with Crippen molar-refractivity contribution in [2.24, 2.45) is 0 Å². The Morgan fingerprint density at radius 2 is 1.71 bits per heavy atom. The predicted molar refractivity (Wildman–Crippen MR) is 134 cm³/mol. The molecule has 0 spiro atoms. The number of hydrogen-bond acceptors (Lipinski definition) is 17. The summed E-state index contributed by atoms with van der Waals surface area (Å²) in [7, 11) is -4.68. The number of phosphoric ester groups is 1.